The van der Waals surface area contributed by atoms with Gasteiger partial charge in [-0.05, 0) is 25.1 Å². The molecule has 88 valence electrons. The van der Waals surface area contributed by atoms with Gasteiger partial charge in [0.25, 0.3) is 0 Å². The van der Waals surface area contributed by atoms with Crippen LogP contribution in [0.1, 0.15) is 16.6 Å². The van der Waals surface area contributed by atoms with Crippen molar-refractivity contribution in [1.82, 2.24) is 0 Å². The van der Waals surface area contributed by atoms with Gasteiger partial charge < -0.3 is 10.5 Å². The largest absolute Gasteiger partial charge is 0.462 e. The maximum Gasteiger partial charge on any atom is 0.348 e. The minimum absolute atomic E-state index is 0.214. The van der Waals surface area contributed by atoms with Crippen molar-refractivity contribution in [3.8, 4) is 0 Å². The Balaban J connectivity index is 2.60. The molecule has 0 atom stereocenters. The van der Waals surface area contributed by atoms with Gasteiger partial charge in [-0.3, -0.25) is 4.79 Å². The van der Waals surface area contributed by atoms with Gasteiger partial charge in [0, 0.05) is 21.8 Å². The van der Waals surface area contributed by atoms with E-state index in [1.165, 1.54) is 17.4 Å². The number of rotatable bonds is 2. The first-order chi connectivity index (χ1) is 8.11. The average molecular weight is 249 g/mol. The van der Waals surface area contributed by atoms with Gasteiger partial charge in [0.15, 0.2) is 5.43 Å². The molecule has 17 heavy (non-hydrogen) atoms. The number of hydrogen-bond donors (Lipinski definition) is 1. The van der Waals surface area contributed by atoms with Crippen molar-refractivity contribution in [3.63, 3.8) is 0 Å². The molecule has 2 aromatic rings. The lowest BCUT2D eigenvalue weighted by atomic mass is 10.2. The van der Waals surface area contributed by atoms with Crippen molar-refractivity contribution >= 4 is 33.1 Å². The maximum atomic E-state index is 11.8. The number of anilines is 1. The van der Waals surface area contributed by atoms with E-state index in [1.807, 2.05) is 0 Å². The maximum absolute atomic E-state index is 11.8. The van der Waals surface area contributed by atoms with Crippen LogP contribution in [0.15, 0.2) is 29.1 Å². The molecule has 1 aromatic heterocycles. The predicted molar refractivity (Wildman–Crippen MR) is 68.5 cm³/mol. The molecule has 5 heteroatoms. The molecule has 0 spiro atoms. The summed E-state index contributed by atoms with van der Waals surface area (Å²) >= 11 is 1.23. The minimum Gasteiger partial charge on any atom is -0.462 e. The molecule has 0 aliphatic rings. The van der Waals surface area contributed by atoms with Gasteiger partial charge in [0.1, 0.15) is 4.88 Å². The van der Waals surface area contributed by atoms with Crippen LogP contribution in [0, 0.1) is 0 Å². The van der Waals surface area contributed by atoms with Crippen LogP contribution in [-0.4, -0.2) is 12.6 Å². The zero-order valence-corrected chi connectivity index (χ0v) is 10.0. The first-order valence-corrected chi connectivity index (χ1v) is 5.94. The van der Waals surface area contributed by atoms with E-state index in [1.54, 1.807) is 25.1 Å². The highest BCUT2D eigenvalue weighted by molar-refractivity contribution is 7.20. The lowest BCUT2D eigenvalue weighted by molar-refractivity contribution is 0.0532. The Kier molecular flexibility index (Phi) is 3.10. The number of nitrogens with two attached hydrogens (primary N) is 1. The Hall–Kier alpha value is -1.88. The van der Waals surface area contributed by atoms with E-state index in [9.17, 15) is 9.59 Å². The number of hydrogen-bond acceptors (Lipinski definition) is 5. The summed E-state index contributed by atoms with van der Waals surface area (Å²) in [5.41, 5.74) is 5.93. The standard InChI is InChI=1S/C12H11NO3S/c1-2-16-12(15)11-6-9(14)8-5-7(13)3-4-10(8)17-11/h3-6H,2,13H2,1H3. The fourth-order valence-electron chi connectivity index (χ4n) is 1.48. The van der Waals surface area contributed by atoms with E-state index in [2.05, 4.69) is 0 Å². The van der Waals surface area contributed by atoms with E-state index in [4.69, 9.17) is 10.5 Å². The normalized spacial score (nSPS) is 10.4. The van der Waals surface area contributed by atoms with Crippen LogP contribution in [0.3, 0.4) is 0 Å². The lowest BCUT2D eigenvalue weighted by Gasteiger charge is -2.02. The average Bonchev–Trinajstić information content (AvgIpc) is 2.30. The van der Waals surface area contributed by atoms with Gasteiger partial charge in [-0.1, -0.05) is 0 Å². The summed E-state index contributed by atoms with van der Waals surface area (Å²) in [6.45, 7) is 2.02. The molecule has 0 aliphatic heterocycles. The number of ether oxygens (including phenoxy) is 1. The van der Waals surface area contributed by atoms with Crippen LogP contribution >= 0.6 is 11.3 Å². The summed E-state index contributed by atoms with van der Waals surface area (Å²) in [7, 11) is 0. The Morgan fingerprint density at radius 3 is 2.88 bits per heavy atom. The number of fused-ring (bicyclic) bond motifs is 1. The van der Waals surface area contributed by atoms with E-state index in [-0.39, 0.29) is 5.43 Å². The Labute approximate surface area is 102 Å². The molecule has 1 aromatic carbocycles. The number of benzene rings is 1. The van der Waals surface area contributed by atoms with E-state index in [0.717, 1.165) is 4.70 Å². The first kappa shape index (κ1) is 11.6. The number of nitrogen functional groups attached to an aromatic ring is 1. The van der Waals surface area contributed by atoms with Gasteiger partial charge in [0.05, 0.1) is 6.61 Å². The van der Waals surface area contributed by atoms with Crippen molar-refractivity contribution in [2.75, 3.05) is 12.3 Å². The summed E-state index contributed by atoms with van der Waals surface area (Å²) in [6.07, 6.45) is 0. The third kappa shape index (κ3) is 2.29. The topological polar surface area (TPSA) is 69.4 Å². The smallest absolute Gasteiger partial charge is 0.348 e. The van der Waals surface area contributed by atoms with E-state index in [0.29, 0.717) is 22.6 Å². The van der Waals surface area contributed by atoms with Gasteiger partial charge >= 0.3 is 5.97 Å². The number of carbonyl (C=O) groups is 1. The minimum atomic E-state index is -0.465. The van der Waals surface area contributed by atoms with Gasteiger partial charge in [-0.15, -0.1) is 11.3 Å². The fourth-order valence-corrected chi connectivity index (χ4v) is 2.43. The first-order valence-electron chi connectivity index (χ1n) is 5.12. The SMILES string of the molecule is CCOC(=O)c1cc(=O)c2cc(N)ccc2s1. The Morgan fingerprint density at radius 1 is 1.41 bits per heavy atom. The van der Waals surface area contributed by atoms with Crippen molar-refractivity contribution < 1.29 is 9.53 Å². The summed E-state index contributed by atoms with van der Waals surface area (Å²) in [4.78, 5) is 23.6. The molecule has 0 bridgehead atoms. The van der Waals surface area contributed by atoms with Crippen molar-refractivity contribution in [2.45, 2.75) is 6.92 Å². The van der Waals surface area contributed by atoms with E-state index >= 15 is 0 Å². The van der Waals surface area contributed by atoms with Crippen molar-refractivity contribution in [3.05, 3.63) is 39.4 Å². The predicted octanol–water partition coefficient (Wildman–Crippen LogP) is 2.02. The van der Waals surface area contributed by atoms with Crippen LogP contribution in [0.4, 0.5) is 5.69 Å². The van der Waals surface area contributed by atoms with Crippen LogP contribution in [-0.2, 0) is 4.74 Å². The molecule has 0 unspecified atom stereocenters. The van der Waals surface area contributed by atoms with Crippen molar-refractivity contribution in [1.29, 1.82) is 0 Å². The molecule has 0 fully saturated rings. The monoisotopic (exact) mass is 249 g/mol. The number of esters is 1. The third-order valence-electron chi connectivity index (χ3n) is 2.23. The summed E-state index contributed by atoms with van der Waals surface area (Å²) in [5.74, 6) is -0.465. The van der Waals surface area contributed by atoms with Crippen molar-refractivity contribution in [2.24, 2.45) is 0 Å². The molecule has 2 rings (SSSR count). The summed E-state index contributed by atoms with van der Waals surface area (Å²) < 4.78 is 5.59. The molecule has 4 nitrogen and oxygen atoms in total. The second-order valence-electron chi connectivity index (χ2n) is 3.45. The highest BCUT2D eigenvalue weighted by atomic mass is 32.1. The molecule has 0 radical (unpaired) electrons. The Morgan fingerprint density at radius 2 is 2.18 bits per heavy atom. The van der Waals surface area contributed by atoms with Crippen LogP contribution in [0.25, 0.3) is 10.1 Å². The van der Waals surface area contributed by atoms with Crippen LogP contribution < -0.4 is 11.2 Å². The second kappa shape index (κ2) is 4.55. The van der Waals surface area contributed by atoms with Crippen LogP contribution in [0.2, 0.25) is 0 Å². The number of carbonyl (C=O) groups excluding carboxylic acids is 1. The second-order valence-corrected chi connectivity index (χ2v) is 4.53. The highest BCUT2D eigenvalue weighted by Crippen LogP contribution is 2.21. The van der Waals surface area contributed by atoms with Gasteiger partial charge in [-0.25, -0.2) is 4.79 Å². The molecule has 0 aliphatic carbocycles. The molecule has 2 N–H and O–H groups in total. The Bertz CT molecular complexity index is 633. The summed E-state index contributed by atoms with van der Waals surface area (Å²) in [6, 6.07) is 6.35. The van der Waals surface area contributed by atoms with Gasteiger partial charge in [0.2, 0.25) is 0 Å². The zero-order valence-electron chi connectivity index (χ0n) is 9.23. The molecule has 0 amide bonds. The zero-order chi connectivity index (χ0) is 12.4. The quantitative estimate of drug-likeness (QED) is 0.653. The molecule has 1 heterocycles. The lowest BCUT2D eigenvalue weighted by Crippen LogP contribution is -2.08. The molecular formula is C12H11NO3S. The molecular weight excluding hydrogens is 238 g/mol. The third-order valence-corrected chi connectivity index (χ3v) is 3.31. The summed E-state index contributed by atoms with van der Waals surface area (Å²) in [5, 5.41) is 0.531. The van der Waals surface area contributed by atoms with Crippen LogP contribution in [0.5, 0.6) is 0 Å². The molecule has 0 saturated carbocycles. The highest BCUT2D eigenvalue weighted by Gasteiger charge is 2.11. The van der Waals surface area contributed by atoms with E-state index < -0.39 is 5.97 Å². The van der Waals surface area contributed by atoms with Gasteiger partial charge in [-0.2, -0.15) is 0 Å². The molecule has 0 saturated heterocycles. The fraction of sp³-hybridized carbons (Fsp3) is 0.167.